The largest absolute Gasteiger partial charge is 0.494 e. The lowest BCUT2D eigenvalue weighted by molar-refractivity contribution is -0.121. The van der Waals surface area contributed by atoms with Gasteiger partial charge in [-0.3, -0.25) is 9.59 Å². The Morgan fingerprint density at radius 3 is 2.19 bits per heavy atom. The first-order valence-corrected chi connectivity index (χ1v) is 8.54. The van der Waals surface area contributed by atoms with Gasteiger partial charge in [0.15, 0.2) is 5.78 Å². The molecule has 0 aliphatic heterocycles. The summed E-state index contributed by atoms with van der Waals surface area (Å²) in [5.41, 5.74) is 1.27. The van der Waals surface area contributed by atoms with Gasteiger partial charge >= 0.3 is 6.61 Å². The SMILES string of the molecule is CCOc1ccc(C(=O)CCC(=O)NCc2ccc(OC(F)F)cc2)cc1. The molecule has 0 unspecified atom stereocenters. The molecule has 0 fully saturated rings. The number of halogens is 2. The molecule has 2 aromatic rings. The number of carbonyl (C=O) groups is 2. The summed E-state index contributed by atoms with van der Waals surface area (Å²) in [4.78, 5) is 24.0. The average molecular weight is 377 g/mol. The summed E-state index contributed by atoms with van der Waals surface area (Å²) in [6, 6.07) is 12.8. The van der Waals surface area contributed by atoms with Gasteiger partial charge in [-0.05, 0) is 48.9 Å². The van der Waals surface area contributed by atoms with Gasteiger partial charge in [0.25, 0.3) is 0 Å². The summed E-state index contributed by atoms with van der Waals surface area (Å²) < 4.78 is 33.8. The number of ketones is 1. The zero-order valence-corrected chi connectivity index (χ0v) is 14.9. The summed E-state index contributed by atoms with van der Waals surface area (Å²) in [6.07, 6.45) is 0.166. The number of Topliss-reactive ketones (excluding diaryl/α,β-unsaturated/α-hetero) is 1. The molecule has 0 aliphatic carbocycles. The standard InChI is InChI=1S/C20H21F2NO4/c1-2-26-16-9-5-15(6-10-16)18(24)11-12-19(25)23-13-14-3-7-17(8-4-14)27-20(21)22/h3-10,20H,2,11-13H2,1H3,(H,23,25). The molecule has 0 spiro atoms. The summed E-state index contributed by atoms with van der Waals surface area (Å²) in [5.74, 6) is 0.363. The number of amides is 1. The number of hydrogen-bond donors (Lipinski definition) is 1. The van der Waals surface area contributed by atoms with Crippen LogP contribution in [0.25, 0.3) is 0 Å². The first-order valence-electron chi connectivity index (χ1n) is 8.54. The number of hydrogen-bond acceptors (Lipinski definition) is 4. The fraction of sp³-hybridized carbons (Fsp3) is 0.300. The van der Waals surface area contributed by atoms with Crippen LogP contribution in [0.2, 0.25) is 0 Å². The van der Waals surface area contributed by atoms with Crippen molar-refractivity contribution in [2.45, 2.75) is 32.9 Å². The van der Waals surface area contributed by atoms with E-state index in [9.17, 15) is 18.4 Å². The summed E-state index contributed by atoms with van der Waals surface area (Å²) in [6.45, 7) is -0.201. The molecule has 0 saturated carbocycles. The van der Waals surface area contributed by atoms with Gasteiger partial charge in [0.2, 0.25) is 5.91 Å². The number of alkyl halides is 2. The van der Waals surface area contributed by atoms with Crippen LogP contribution in [-0.2, 0) is 11.3 Å². The van der Waals surface area contributed by atoms with Crippen molar-refractivity contribution in [3.8, 4) is 11.5 Å². The Bertz CT molecular complexity index is 746. The lowest BCUT2D eigenvalue weighted by Gasteiger charge is -2.08. The van der Waals surface area contributed by atoms with Gasteiger partial charge in [-0.2, -0.15) is 8.78 Å². The van der Waals surface area contributed by atoms with E-state index >= 15 is 0 Å². The van der Waals surface area contributed by atoms with Crippen LogP contribution in [0.1, 0.15) is 35.7 Å². The molecule has 27 heavy (non-hydrogen) atoms. The minimum atomic E-state index is -2.87. The van der Waals surface area contributed by atoms with Gasteiger partial charge in [-0.1, -0.05) is 12.1 Å². The summed E-state index contributed by atoms with van der Waals surface area (Å²) in [5, 5.41) is 2.69. The van der Waals surface area contributed by atoms with Gasteiger partial charge in [0, 0.05) is 24.9 Å². The highest BCUT2D eigenvalue weighted by atomic mass is 19.3. The molecule has 2 rings (SSSR count). The van der Waals surface area contributed by atoms with E-state index in [4.69, 9.17) is 4.74 Å². The van der Waals surface area contributed by atoms with Crippen LogP contribution in [0.3, 0.4) is 0 Å². The van der Waals surface area contributed by atoms with Crippen LogP contribution < -0.4 is 14.8 Å². The molecule has 5 nitrogen and oxygen atoms in total. The normalized spacial score (nSPS) is 10.5. The number of rotatable bonds is 10. The molecular formula is C20H21F2NO4. The molecule has 0 saturated heterocycles. The topological polar surface area (TPSA) is 64.6 Å². The third kappa shape index (κ3) is 7.05. The summed E-state index contributed by atoms with van der Waals surface area (Å²) in [7, 11) is 0. The van der Waals surface area contributed by atoms with Crippen LogP contribution in [0, 0.1) is 0 Å². The Kier molecular flexibility index (Phi) is 7.73. The quantitative estimate of drug-likeness (QED) is 0.637. The van der Waals surface area contributed by atoms with Crippen molar-refractivity contribution in [2.24, 2.45) is 0 Å². The van der Waals surface area contributed by atoms with Crippen molar-refractivity contribution in [1.29, 1.82) is 0 Å². The van der Waals surface area contributed by atoms with E-state index in [1.165, 1.54) is 12.1 Å². The lowest BCUT2D eigenvalue weighted by atomic mass is 10.1. The Morgan fingerprint density at radius 2 is 1.59 bits per heavy atom. The molecule has 2 aromatic carbocycles. The molecule has 0 heterocycles. The summed E-state index contributed by atoms with van der Waals surface area (Å²) >= 11 is 0. The second kappa shape index (κ2) is 10.3. The first-order chi connectivity index (χ1) is 13.0. The number of benzene rings is 2. The van der Waals surface area contributed by atoms with Crippen LogP contribution in [0.5, 0.6) is 11.5 Å². The zero-order valence-electron chi connectivity index (χ0n) is 14.9. The third-order valence-corrected chi connectivity index (χ3v) is 3.70. The van der Waals surface area contributed by atoms with E-state index in [0.29, 0.717) is 17.9 Å². The zero-order chi connectivity index (χ0) is 19.6. The molecule has 0 bridgehead atoms. The monoisotopic (exact) mass is 377 g/mol. The van der Waals surface area contributed by atoms with Crippen LogP contribution in [0.15, 0.2) is 48.5 Å². The number of carbonyl (C=O) groups excluding carboxylic acids is 2. The highest BCUT2D eigenvalue weighted by Crippen LogP contribution is 2.15. The molecule has 1 amide bonds. The van der Waals surface area contributed by atoms with Crippen molar-refractivity contribution >= 4 is 11.7 Å². The molecule has 0 atom stereocenters. The van der Waals surface area contributed by atoms with E-state index in [-0.39, 0.29) is 36.8 Å². The van der Waals surface area contributed by atoms with E-state index in [1.807, 2.05) is 6.92 Å². The number of ether oxygens (including phenoxy) is 2. The predicted octanol–water partition coefficient (Wildman–Crippen LogP) is 3.97. The third-order valence-electron chi connectivity index (χ3n) is 3.70. The van der Waals surface area contributed by atoms with Crippen LogP contribution in [0.4, 0.5) is 8.78 Å². The van der Waals surface area contributed by atoms with Gasteiger partial charge in [-0.15, -0.1) is 0 Å². The molecule has 0 radical (unpaired) electrons. The minimum Gasteiger partial charge on any atom is -0.494 e. The Balaban J connectivity index is 1.74. The van der Waals surface area contributed by atoms with E-state index < -0.39 is 6.61 Å². The van der Waals surface area contributed by atoms with Gasteiger partial charge in [-0.25, -0.2) is 0 Å². The van der Waals surface area contributed by atoms with Crippen molar-refractivity contribution in [1.82, 2.24) is 5.32 Å². The molecule has 144 valence electrons. The average Bonchev–Trinajstić information content (AvgIpc) is 2.66. The predicted molar refractivity (Wildman–Crippen MR) is 96.1 cm³/mol. The van der Waals surface area contributed by atoms with Gasteiger partial charge in [0.05, 0.1) is 6.61 Å². The maximum atomic E-state index is 12.1. The number of nitrogens with one attached hydrogen (secondary N) is 1. The van der Waals surface area contributed by atoms with E-state index in [0.717, 1.165) is 5.56 Å². The Labute approximate surface area is 156 Å². The fourth-order valence-corrected chi connectivity index (χ4v) is 2.35. The smallest absolute Gasteiger partial charge is 0.387 e. The highest BCUT2D eigenvalue weighted by molar-refractivity contribution is 5.98. The molecule has 0 aliphatic rings. The highest BCUT2D eigenvalue weighted by Gasteiger charge is 2.10. The van der Waals surface area contributed by atoms with Crippen LogP contribution in [-0.4, -0.2) is 24.9 Å². The van der Waals surface area contributed by atoms with Crippen molar-refractivity contribution in [3.05, 3.63) is 59.7 Å². The molecule has 0 aromatic heterocycles. The fourth-order valence-electron chi connectivity index (χ4n) is 2.35. The Morgan fingerprint density at radius 1 is 0.963 bits per heavy atom. The minimum absolute atomic E-state index is 0.0565. The second-order valence-corrected chi connectivity index (χ2v) is 5.68. The van der Waals surface area contributed by atoms with Crippen LogP contribution >= 0.6 is 0 Å². The molecule has 7 heteroatoms. The van der Waals surface area contributed by atoms with Crippen molar-refractivity contribution < 1.29 is 27.8 Å². The van der Waals surface area contributed by atoms with Crippen molar-refractivity contribution in [2.75, 3.05) is 6.61 Å². The maximum Gasteiger partial charge on any atom is 0.387 e. The van der Waals surface area contributed by atoms with Gasteiger partial charge < -0.3 is 14.8 Å². The maximum absolute atomic E-state index is 12.1. The van der Waals surface area contributed by atoms with E-state index in [2.05, 4.69) is 10.1 Å². The van der Waals surface area contributed by atoms with Gasteiger partial charge in [0.1, 0.15) is 11.5 Å². The Hall–Kier alpha value is -2.96. The first kappa shape index (κ1) is 20.4. The van der Waals surface area contributed by atoms with Crippen molar-refractivity contribution in [3.63, 3.8) is 0 Å². The molecule has 1 N–H and O–H groups in total. The van der Waals surface area contributed by atoms with E-state index in [1.54, 1.807) is 36.4 Å². The second-order valence-electron chi connectivity index (χ2n) is 5.68. The lowest BCUT2D eigenvalue weighted by Crippen LogP contribution is -2.23. The molecular weight excluding hydrogens is 356 g/mol.